The average molecular weight is 305 g/mol. The molecule has 1 saturated carbocycles. The average Bonchev–Trinajstić information content (AvgIpc) is 2.69. The minimum atomic E-state index is -0.488. The molecule has 0 saturated heterocycles. The van der Waals surface area contributed by atoms with Gasteiger partial charge in [-0.1, -0.05) is 27.7 Å². The number of hydrogen-bond donors (Lipinski definition) is 0. The largest absolute Gasteiger partial charge is 0.461 e. The molecule has 0 amide bonds. The number of non-ortho nitro benzene ring substituents is 1. The Labute approximate surface area is 130 Å². The molecule has 1 aromatic carbocycles. The molecule has 1 aliphatic rings. The van der Waals surface area contributed by atoms with Crippen LogP contribution in [0.4, 0.5) is 5.69 Å². The van der Waals surface area contributed by atoms with Crippen LogP contribution in [0.3, 0.4) is 0 Å². The normalized spacial score (nSPS) is 26.6. The number of hydrogen-bond acceptors (Lipinski definition) is 4. The minimum absolute atomic E-state index is 0.0331. The number of rotatable bonds is 4. The SMILES string of the molecule is C[C@H]1CC[C@@](C)(COC(=O)c2ccc([N+](=O)[O-])cc2)C1(C)C. The molecule has 5 nitrogen and oxygen atoms in total. The molecule has 1 aliphatic carbocycles. The number of ether oxygens (including phenoxy) is 1. The van der Waals surface area contributed by atoms with Crippen LogP contribution in [0.15, 0.2) is 24.3 Å². The van der Waals surface area contributed by atoms with Crippen LogP contribution in [0.2, 0.25) is 0 Å². The summed E-state index contributed by atoms with van der Waals surface area (Å²) in [5, 5.41) is 10.6. The third-order valence-corrected chi connectivity index (χ3v) is 5.75. The summed E-state index contributed by atoms with van der Waals surface area (Å²) in [7, 11) is 0. The van der Waals surface area contributed by atoms with E-state index >= 15 is 0 Å². The first-order valence-electron chi connectivity index (χ1n) is 7.59. The van der Waals surface area contributed by atoms with Crippen molar-refractivity contribution in [2.75, 3.05) is 6.61 Å². The Morgan fingerprint density at radius 3 is 2.36 bits per heavy atom. The summed E-state index contributed by atoms with van der Waals surface area (Å²) >= 11 is 0. The van der Waals surface area contributed by atoms with Crippen molar-refractivity contribution in [3.63, 3.8) is 0 Å². The quantitative estimate of drug-likeness (QED) is 0.474. The molecule has 2 rings (SSSR count). The lowest BCUT2D eigenvalue weighted by Gasteiger charge is -2.40. The summed E-state index contributed by atoms with van der Waals surface area (Å²) in [6.07, 6.45) is 2.17. The molecule has 0 aromatic heterocycles. The van der Waals surface area contributed by atoms with Gasteiger partial charge in [0, 0.05) is 17.5 Å². The van der Waals surface area contributed by atoms with E-state index in [9.17, 15) is 14.9 Å². The maximum absolute atomic E-state index is 12.1. The summed E-state index contributed by atoms with van der Waals surface area (Å²) in [5.74, 6) is 0.169. The van der Waals surface area contributed by atoms with Crippen molar-refractivity contribution in [2.45, 2.75) is 40.5 Å². The highest BCUT2D eigenvalue weighted by Crippen LogP contribution is 2.55. The Balaban J connectivity index is 2.02. The summed E-state index contributed by atoms with van der Waals surface area (Å²) in [6, 6.07) is 5.51. The topological polar surface area (TPSA) is 69.4 Å². The van der Waals surface area contributed by atoms with Crippen LogP contribution in [0, 0.1) is 26.9 Å². The Morgan fingerprint density at radius 2 is 1.91 bits per heavy atom. The Hall–Kier alpha value is -1.91. The van der Waals surface area contributed by atoms with E-state index in [4.69, 9.17) is 4.74 Å². The van der Waals surface area contributed by atoms with Crippen LogP contribution >= 0.6 is 0 Å². The smallest absolute Gasteiger partial charge is 0.338 e. The molecule has 1 aromatic rings. The van der Waals surface area contributed by atoms with Crippen LogP contribution < -0.4 is 0 Å². The van der Waals surface area contributed by atoms with Gasteiger partial charge in [0.15, 0.2) is 0 Å². The van der Waals surface area contributed by atoms with Gasteiger partial charge in [0.1, 0.15) is 0 Å². The first-order chi connectivity index (χ1) is 10.2. The third-order valence-electron chi connectivity index (χ3n) is 5.75. The Bertz CT molecular complexity index is 579. The van der Waals surface area contributed by atoms with Gasteiger partial charge >= 0.3 is 5.97 Å². The second kappa shape index (κ2) is 5.71. The number of benzene rings is 1. The predicted octanol–water partition coefficient (Wildman–Crippen LogP) is 4.21. The molecule has 0 radical (unpaired) electrons. The molecule has 2 atom stereocenters. The fourth-order valence-corrected chi connectivity index (χ4v) is 3.10. The highest BCUT2D eigenvalue weighted by molar-refractivity contribution is 5.89. The lowest BCUT2D eigenvalue weighted by atomic mass is 9.66. The zero-order chi connectivity index (χ0) is 16.5. The molecule has 0 unspecified atom stereocenters. The fraction of sp³-hybridized carbons (Fsp3) is 0.588. The van der Waals surface area contributed by atoms with Crippen LogP contribution in [0.25, 0.3) is 0 Å². The van der Waals surface area contributed by atoms with Crippen molar-refractivity contribution < 1.29 is 14.5 Å². The highest BCUT2D eigenvalue weighted by atomic mass is 16.6. The van der Waals surface area contributed by atoms with Crippen LogP contribution in [0.5, 0.6) is 0 Å². The number of nitrogens with zero attached hydrogens (tertiary/aromatic N) is 1. The molecule has 1 fully saturated rings. The van der Waals surface area contributed by atoms with Gasteiger partial charge in [-0.15, -0.1) is 0 Å². The van der Waals surface area contributed by atoms with E-state index in [0.29, 0.717) is 18.1 Å². The predicted molar refractivity (Wildman–Crippen MR) is 83.7 cm³/mol. The van der Waals surface area contributed by atoms with Crippen molar-refractivity contribution in [1.82, 2.24) is 0 Å². The standard InChI is InChI=1S/C17H23NO4/c1-12-9-10-17(4,16(12,2)3)11-22-15(19)13-5-7-14(8-6-13)18(20)21/h5-8,12H,9-11H2,1-4H3/t12-,17-/m0/s1. The van der Waals surface area contributed by atoms with Crippen LogP contribution in [-0.4, -0.2) is 17.5 Å². The zero-order valence-electron chi connectivity index (χ0n) is 13.6. The number of nitro benzene ring substituents is 1. The molecule has 120 valence electrons. The first kappa shape index (κ1) is 16.5. The monoisotopic (exact) mass is 305 g/mol. The van der Waals surface area contributed by atoms with Crippen molar-refractivity contribution in [2.24, 2.45) is 16.7 Å². The zero-order valence-corrected chi connectivity index (χ0v) is 13.6. The van der Waals surface area contributed by atoms with Gasteiger partial charge in [-0.3, -0.25) is 10.1 Å². The molecule has 22 heavy (non-hydrogen) atoms. The van der Waals surface area contributed by atoms with Gasteiger partial charge in [-0.2, -0.15) is 0 Å². The van der Waals surface area contributed by atoms with Gasteiger partial charge in [-0.05, 0) is 36.3 Å². The van der Waals surface area contributed by atoms with Gasteiger partial charge in [0.05, 0.1) is 17.1 Å². The van der Waals surface area contributed by atoms with Gasteiger partial charge in [0.25, 0.3) is 5.69 Å². The lowest BCUT2D eigenvalue weighted by molar-refractivity contribution is -0.384. The molecule has 0 aliphatic heterocycles. The molecule has 0 spiro atoms. The summed E-state index contributed by atoms with van der Waals surface area (Å²) in [6.45, 7) is 9.23. The van der Waals surface area contributed by atoms with E-state index in [0.717, 1.165) is 12.8 Å². The molecule has 0 N–H and O–H groups in total. The van der Waals surface area contributed by atoms with Crippen molar-refractivity contribution >= 4 is 11.7 Å². The van der Waals surface area contributed by atoms with Gasteiger partial charge in [0.2, 0.25) is 0 Å². The first-order valence-corrected chi connectivity index (χ1v) is 7.59. The number of carbonyl (C=O) groups excluding carboxylic acids is 1. The number of carbonyl (C=O) groups is 1. The summed E-state index contributed by atoms with van der Waals surface area (Å²) in [4.78, 5) is 22.3. The van der Waals surface area contributed by atoms with E-state index < -0.39 is 10.9 Å². The maximum atomic E-state index is 12.1. The van der Waals surface area contributed by atoms with E-state index in [1.165, 1.54) is 24.3 Å². The minimum Gasteiger partial charge on any atom is -0.461 e. The van der Waals surface area contributed by atoms with Gasteiger partial charge < -0.3 is 4.74 Å². The van der Waals surface area contributed by atoms with Crippen molar-refractivity contribution in [3.05, 3.63) is 39.9 Å². The van der Waals surface area contributed by atoms with E-state index in [1.54, 1.807) is 0 Å². The summed E-state index contributed by atoms with van der Waals surface area (Å²) in [5.41, 5.74) is 0.387. The van der Waals surface area contributed by atoms with Gasteiger partial charge in [-0.25, -0.2) is 4.79 Å². The number of nitro groups is 1. The highest BCUT2D eigenvalue weighted by Gasteiger charge is 2.50. The second-order valence-corrected chi connectivity index (χ2v) is 7.10. The van der Waals surface area contributed by atoms with Crippen molar-refractivity contribution in [3.8, 4) is 0 Å². The second-order valence-electron chi connectivity index (χ2n) is 7.10. The summed E-state index contributed by atoms with van der Waals surface area (Å²) < 4.78 is 5.49. The number of esters is 1. The van der Waals surface area contributed by atoms with Crippen molar-refractivity contribution in [1.29, 1.82) is 0 Å². The molecular weight excluding hydrogens is 282 g/mol. The Kier molecular flexibility index (Phi) is 4.27. The molecule has 5 heteroatoms. The Morgan fingerprint density at radius 1 is 1.32 bits per heavy atom. The molecule has 0 heterocycles. The van der Waals surface area contributed by atoms with E-state index in [-0.39, 0.29) is 16.5 Å². The fourth-order valence-electron chi connectivity index (χ4n) is 3.10. The molecular formula is C17H23NO4. The maximum Gasteiger partial charge on any atom is 0.338 e. The third kappa shape index (κ3) is 2.85. The lowest BCUT2D eigenvalue weighted by Crippen LogP contribution is -2.37. The van der Waals surface area contributed by atoms with Crippen LogP contribution in [-0.2, 0) is 4.74 Å². The van der Waals surface area contributed by atoms with Crippen LogP contribution in [0.1, 0.15) is 50.9 Å². The molecule has 0 bridgehead atoms. The van der Waals surface area contributed by atoms with E-state index in [1.807, 2.05) is 0 Å². The van der Waals surface area contributed by atoms with E-state index in [2.05, 4.69) is 27.7 Å².